The van der Waals surface area contributed by atoms with Crippen molar-refractivity contribution in [1.29, 1.82) is 0 Å². The number of aryl methyl sites for hydroxylation is 2. The van der Waals surface area contributed by atoms with Gasteiger partial charge in [0.15, 0.2) is 0 Å². The molecule has 0 saturated heterocycles. The highest BCUT2D eigenvalue weighted by molar-refractivity contribution is 5.94. The minimum Gasteiger partial charge on any atom is -0.348 e. The van der Waals surface area contributed by atoms with E-state index in [1.54, 1.807) is 18.3 Å². The van der Waals surface area contributed by atoms with Crippen LogP contribution in [0.4, 0.5) is 24.8 Å². The first kappa shape index (κ1) is 28.8. The lowest BCUT2D eigenvalue weighted by Crippen LogP contribution is -2.37. The van der Waals surface area contributed by atoms with Crippen LogP contribution in [0.25, 0.3) is 11.2 Å². The number of benzene rings is 1. The maximum Gasteiger partial charge on any atom is 0.416 e. The number of halogens is 3. The molecule has 0 bridgehead atoms. The van der Waals surface area contributed by atoms with Gasteiger partial charge in [-0.3, -0.25) is 14.6 Å². The Morgan fingerprint density at radius 3 is 2.57 bits per heavy atom. The number of fused-ring (bicyclic) bond motifs is 1. The Morgan fingerprint density at radius 1 is 1.10 bits per heavy atom. The molecule has 2 N–H and O–H groups in total. The third-order valence-electron chi connectivity index (χ3n) is 7.28. The fourth-order valence-corrected chi connectivity index (χ4v) is 4.84. The molecular weight excluding hydrogens is 547 g/mol. The molecule has 42 heavy (non-hydrogen) atoms. The van der Waals surface area contributed by atoms with E-state index in [2.05, 4.69) is 15.6 Å². The number of nitrogens with zero attached hydrogens (tertiary/aromatic N) is 5. The lowest BCUT2D eigenvalue weighted by Gasteiger charge is -2.26. The number of alkyl halides is 3. The third-order valence-corrected chi connectivity index (χ3v) is 7.28. The van der Waals surface area contributed by atoms with Crippen LogP contribution in [0.5, 0.6) is 0 Å². The maximum absolute atomic E-state index is 12.6. The number of carbonyl (C=O) groups excluding carboxylic acids is 2. The van der Waals surface area contributed by atoms with Crippen LogP contribution < -0.4 is 15.3 Å². The summed E-state index contributed by atoms with van der Waals surface area (Å²) in [4.78, 5) is 35.4. The topological polar surface area (TPSA) is 95.5 Å². The first-order valence-corrected chi connectivity index (χ1v) is 13.6. The Labute approximate surface area is 240 Å². The summed E-state index contributed by atoms with van der Waals surface area (Å²) in [6.45, 7) is 2.90. The van der Waals surface area contributed by atoms with Crippen LogP contribution in [0.3, 0.4) is 0 Å². The molecule has 0 fully saturated rings. The van der Waals surface area contributed by atoms with E-state index in [9.17, 15) is 22.8 Å². The van der Waals surface area contributed by atoms with Gasteiger partial charge in [0.1, 0.15) is 0 Å². The average molecular weight is 579 g/mol. The van der Waals surface area contributed by atoms with Gasteiger partial charge in [0.2, 0.25) is 5.91 Å². The van der Waals surface area contributed by atoms with Crippen molar-refractivity contribution in [2.75, 3.05) is 18.4 Å². The Kier molecular flexibility index (Phi) is 8.23. The van der Waals surface area contributed by atoms with Crippen molar-refractivity contribution >= 4 is 34.7 Å². The van der Waals surface area contributed by atoms with E-state index in [0.29, 0.717) is 36.7 Å². The highest BCUT2D eigenvalue weighted by atomic mass is 19.4. The second kappa shape index (κ2) is 12.0. The summed E-state index contributed by atoms with van der Waals surface area (Å²) in [5, 5.41) is 6.22. The lowest BCUT2D eigenvalue weighted by molar-refractivity contribution is -0.725. The predicted octanol–water partition coefficient (Wildman–Crippen LogP) is 4.49. The minimum atomic E-state index is -4.35. The third kappa shape index (κ3) is 6.59. The molecule has 1 aliphatic heterocycles. The number of hydrogen-bond donors (Lipinski definition) is 2. The number of rotatable bonds is 8. The fraction of sp³-hybridized carbons (Fsp3) is 0.300. The van der Waals surface area contributed by atoms with Gasteiger partial charge in [-0.2, -0.15) is 22.4 Å². The number of nitrogens with one attached hydrogen (secondary N) is 2. The van der Waals surface area contributed by atoms with Crippen LogP contribution in [0, 0.1) is 6.92 Å². The minimum absolute atomic E-state index is 0.186. The number of carbonyl (C=O) groups is 2. The van der Waals surface area contributed by atoms with Crippen molar-refractivity contribution in [1.82, 2.24) is 24.7 Å². The van der Waals surface area contributed by atoms with Gasteiger partial charge in [-0.1, -0.05) is 12.1 Å². The Balaban J connectivity index is 1.26. The summed E-state index contributed by atoms with van der Waals surface area (Å²) in [5.41, 5.74) is 5.68. The molecule has 0 aliphatic carbocycles. The molecule has 4 heterocycles. The highest BCUT2D eigenvalue weighted by Gasteiger charge is 2.30. The zero-order valence-corrected chi connectivity index (χ0v) is 23.3. The number of aromatic nitrogens is 4. The van der Waals surface area contributed by atoms with Crippen molar-refractivity contribution in [3.63, 3.8) is 0 Å². The number of pyridine rings is 2. The van der Waals surface area contributed by atoms with Gasteiger partial charge in [-0.15, -0.1) is 0 Å². The van der Waals surface area contributed by atoms with Crippen LogP contribution in [0.1, 0.15) is 46.4 Å². The molecule has 9 nitrogen and oxygen atoms in total. The van der Waals surface area contributed by atoms with Gasteiger partial charge in [-0.25, -0.2) is 5.32 Å². The molecule has 12 heteroatoms. The summed E-state index contributed by atoms with van der Waals surface area (Å²) in [7, 11) is 1.87. The first-order chi connectivity index (χ1) is 20.1. The average Bonchev–Trinajstić information content (AvgIpc) is 3.30. The molecule has 0 unspecified atom stereocenters. The van der Waals surface area contributed by atoms with Crippen LogP contribution >= 0.6 is 0 Å². The second-order valence-electron chi connectivity index (χ2n) is 10.1. The largest absolute Gasteiger partial charge is 0.416 e. The first-order valence-electron chi connectivity index (χ1n) is 13.6. The standard InChI is InChI=1S/C30H30F3N7O2/c1-20-23(5-3-15-34-20)19-35-28(42)22-7-9-24(10-8-22)36-29-37-27-25(6-4-16-40(27)38(29)2)21-12-17-39(18-13-21)26(41)11-14-30(31,32)33/h3-10,12,15-16H,11,13-14,17-19H2,1-2H3,(H,35,42)/p+1. The molecule has 4 aromatic rings. The Hall–Kier alpha value is -4.74. The van der Waals surface area contributed by atoms with E-state index < -0.39 is 24.9 Å². The molecule has 1 aromatic carbocycles. The van der Waals surface area contributed by atoms with Crippen molar-refractivity contribution < 1.29 is 27.4 Å². The number of amides is 2. The molecule has 218 valence electrons. The Bertz CT molecular complexity index is 1650. The van der Waals surface area contributed by atoms with Gasteiger partial charge in [0, 0.05) is 55.3 Å². The zero-order valence-electron chi connectivity index (χ0n) is 23.3. The summed E-state index contributed by atoms with van der Waals surface area (Å²) in [6, 6.07) is 14.7. The van der Waals surface area contributed by atoms with Crippen LogP contribution in [-0.4, -0.2) is 50.5 Å². The maximum atomic E-state index is 12.6. The lowest BCUT2D eigenvalue weighted by atomic mass is 10.00. The SMILES string of the molecule is Cc1ncccc1CNC(=O)c1ccc(Nc2nc3c(C4=CCN(C(=O)CCC(F)(F)F)CC4)cccn3[n+]2C)cc1. The highest BCUT2D eigenvalue weighted by Crippen LogP contribution is 2.27. The molecule has 3 aromatic heterocycles. The van der Waals surface area contributed by atoms with Gasteiger partial charge in [0.25, 0.3) is 11.6 Å². The molecule has 0 radical (unpaired) electrons. The predicted molar refractivity (Wildman–Crippen MR) is 151 cm³/mol. The summed E-state index contributed by atoms with van der Waals surface area (Å²) in [6.07, 6.45) is -0.00305. The molecule has 0 spiro atoms. The molecule has 2 amide bonds. The van der Waals surface area contributed by atoms with Crippen molar-refractivity contribution in [3.05, 3.63) is 89.4 Å². The van der Waals surface area contributed by atoms with Gasteiger partial charge in [0.05, 0.1) is 19.2 Å². The van der Waals surface area contributed by atoms with E-state index in [1.807, 2.05) is 71.8 Å². The molecule has 0 atom stereocenters. The van der Waals surface area contributed by atoms with E-state index in [0.717, 1.165) is 28.1 Å². The van der Waals surface area contributed by atoms with Gasteiger partial charge >= 0.3 is 12.1 Å². The molecule has 1 aliphatic rings. The fourth-order valence-electron chi connectivity index (χ4n) is 4.84. The summed E-state index contributed by atoms with van der Waals surface area (Å²) in [5.74, 6) is -0.104. The number of anilines is 2. The van der Waals surface area contributed by atoms with Crippen LogP contribution in [-0.2, 0) is 18.4 Å². The van der Waals surface area contributed by atoms with Crippen LogP contribution in [0.15, 0.2) is 67.0 Å². The van der Waals surface area contributed by atoms with Crippen molar-refractivity contribution in [2.45, 2.75) is 38.9 Å². The van der Waals surface area contributed by atoms with E-state index in [-0.39, 0.29) is 12.5 Å². The quantitative estimate of drug-likeness (QED) is 0.301. The summed E-state index contributed by atoms with van der Waals surface area (Å²) < 4.78 is 41.3. The molecule has 0 saturated carbocycles. The molecule has 5 rings (SSSR count). The zero-order chi connectivity index (χ0) is 29.9. The summed E-state index contributed by atoms with van der Waals surface area (Å²) >= 11 is 0. The van der Waals surface area contributed by atoms with Crippen LogP contribution in [0.2, 0.25) is 0 Å². The number of hydrogen-bond acceptors (Lipinski definition) is 5. The van der Waals surface area contributed by atoms with Gasteiger partial charge in [-0.05, 0) is 71.9 Å². The molecular formula is C30H31F3N7O2+. The smallest absolute Gasteiger partial charge is 0.348 e. The second-order valence-corrected chi connectivity index (χ2v) is 10.1. The van der Waals surface area contributed by atoms with Gasteiger partial charge < -0.3 is 10.2 Å². The van der Waals surface area contributed by atoms with Crippen molar-refractivity contribution in [2.24, 2.45) is 7.05 Å². The monoisotopic (exact) mass is 578 g/mol. The Morgan fingerprint density at radius 2 is 1.88 bits per heavy atom. The van der Waals surface area contributed by atoms with Crippen molar-refractivity contribution in [3.8, 4) is 0 Å². The normalized spacial score (nSPS) is 13.6. The van der Waals surface area contributed by atoms with E-state index in [4.69, 9.17) is 4.98 Å². The van der Waals surface area contributed by atoms with E-state index in [1.165, 1.54) is 4.90 Å². The van der Waals surface area contributed by atoms with E-state index >= 15 is 0 Å².